The Hall–Kier alpha value is -0.590. The summed E-state index contributed by atoms with van der Waals surface area (Å²) >= 11 is 0. The lowest BCUT2D eigenvalue weighted by molar-refractivity contribution is 0.387. The molecule has 0 fully saturated rings. The van der Waals surface area contributed by atoms with Crippen molar-refractivity contribution < 1.29 is 0 Å². The molecular weight excluding hydrogens is 348 g/mol. The van der Waals surface area contributed by atoms with Crippen molar-refractivity contribution in [3.63, 3.8) is 0 Å². The molecule has 0 spiro atoms. The summed E-state index contributed by atoms with van der Waals surface area (Å²) in [6.07, 6.45) is 0. The Morgan fingerprint density at radius 1 is 1.24 bits per heavy atom. The second kappa shape index (κ2) is 6.98. The Morgan fingerprint density at radius 3 is 2.53 bits per heavy atom. The maximum atomic E-state index is 5.87. The predicted octanol–water partition coefficient (Wildman–Crippen LogP) is 2.34. The summed E-state index contributed by atoms with van der Waals surface area (Å²) in [5, 5.41) is 0. The third kappa shape index (κ3) is 3.69. The van der Waals surface area contributed by atoms with Gasteiger partial charge in [-0.2, -0.15) is 0 Å². The minimum absolute atomic E-state index is 0. The molecular formula is C11H18Br2N4. The van der Waals surface area contributed by atoms with Gasteiger partial charge in [0.15, 0.2) is 0 Å². The fourth-order valence-corrected chi connectivity index (χ4v) is 1.63. The number of likely N-dealkylation sites (N-methyl/N-ethyl adjacent to an activating group) is 1. The van der Waals surface area contributed by atoms with Crippen LogP contribution in [0.5, 0.6) is 0 Å². The van der Waals surface area contributed by atoms with Crippen molar-refractivity contribution in [1.82, 2.24) is 14.5 Å². The van der Waals surface area contributed by atoms with Gasteiger partial charge in [-0.3, -0.25) is 0 Å². The number of nitrogens with zero attached hydrogens (tertiary/aromatic N) is 3. The van der Waals surface area contributed by atoms with E-state index in [4.69, 9.17) is 5.73 Å². The first kappa shape index (κ1) is 16.4. The van der Waals surface area contributed by atoms with Gasteiger partial charge in [0.2, 0.25) is 5.95 Å². The number of hydrogen-bond donors (Lipinski definition) is 1. The molecule has 0 aliphatic carbocycles. The van der Waals surface area contributed by atoms with Crippen molar-refractivity contribution in [3.05, 3.63) is 24.3 Å². The summed E-state index contributed by atoms with van der Waals surface area (Å²) in [4.78, 5) is 6.45. The van der Waals surface area contributed by atoms with Gasteiger partial charge in [-0.05, 0) is 26.2 Å². The molecule has 4 nitrogen and oxygen atoms in total. The van der Waals surface area contributed by atoms with Crippen LogP contribution in [0.2, 0.25) is 0 Å². The van der Waals surface area contributed by atoms with Gasteiger partial charge in [0.1, 0.15) is 0 Å². The molecule has 1 aromatic heterocycles. The number of rotatable bonds is 3. The summed E-state index contributed by atoms with van der Waals surface area (Å²) in [6, 6.07) is 8.02. The van der Waals surface area contributed by atoms with Crippen LogP contribution in [0.1, 0.15) is 0 Å². The summed E-state index contributed by atoms with van der Waals surface area (Å²) in [5.41, 5.74) is 7.95. The van der Waals surface area contributed by atoms with Gasteiger partial charge < -0.3 is 15.2 Å². The largest absolute Gasteiger partial charge is 0.369 e. The number of imidazole rings is 1. The Balaban J connectivity index is 0.00000128. The fraction of sp³-hybridized carbons (Fsp3) is 0.364. The topological polar surface area (TPSA) is 47.1 Å². The van der Waals surface area contributed by atoms with E-state index in [-0.39, 0.29) is 34.0 Å². The van der Waals surface area contributed by atoms with Crippen molar-refractivity contribution in [2.24, 2.45) is 0 Å². The zero-order valence-corrected chi connectivity index (χ0v) is 13.4. The molecule has 0 saturated heterocycles. The number of halogens is 2. The lowest BCUT2D eigenvalue weighted by atomic mass is 10.3. The Kier molecular flexibility index (Phi) is 6.74. The van der Waals surface area contributed by atoms with E-state index >= 15 is 0 Å². The lowest BCUT2D eigenvalue weighted by Crippen LogP contribution is -2.19. The van der Waals surface area contributed by atoms with E-state index in [0.29, 0.717) is 5.95 Å². The van der Waals surface area contributed by atoms with Crippen molar-refractivity contribution in [1.29, 1.82) is 0 Å². The minimum atomic E-state index is 0. The van der Waals surface area contributed by atoms with E-state index in [2.05, 4.69) is 28.5 Å². The Morgan fingerprint density at radius 2 is 1.88 bits per heavy atom. The average molecular weight is 366 g/mol. The molecule has 2 aromatic rings. The van der Waals surface area contributed by atoms with Gasteiger partial charge in [-0.25, -0.2) is 4.98 Å². The van der Waals surface area contributed by atoms with E-state index in [1.807, 2.05) is 24.3 Å². The molecule has 0 unspecified atom stereocenters. The van der Waals surface area contributed by atoms with Crippen molar-refractivity contribution in [2.45, 2.75) is 6.54 Å². The smallest absolute Gasteiger partial charge is 0.201 e. The zero-order valence-electron chi connectivity index (χ0n) is 9.96. The maximum absolute atomic E-state index is 5.87. The first-order chi connectivity index (χ1) is 7.18. The van der Waals surface area contributed by atoms with E-state index < -0.39 is 0 Å². The normalized spacial score (nSPS) is 10.1. The van der Waals surface area contributed by atoms with Gasteiger partial charge in [-0.15, -0.1) is 34.0 Å². The van der Waals surface area contributed by atoms with Crippen LogP contribution in [0.15, 0.2) is 24.3 Å². The predicted molar refractivity (Wildman–Crippen MR) is 83.3 cm³/mol. The van der Waals surface area contributed by atoms with E-state index in [1.165, 1.54) is 0 Å². The maximum Gasteiger partial charge on any atom is 0.201 e. The monoisotopic (exact) mass is 364 g/mol. The van der Waals surface area contributed by atoms with Gasteiger partial charge in [0.25, 0.3) is 0 Å². The zero-order chi connectivity index (χ0) is 10.8. The van der Waals surface area contributed by atoms with Gasteiger partial charge >= 0.3 is 0 Å². The van der Waals surface area contributed by atoms with Crippen LogP contribution in [0.3, 0.4) is 0 Å². The third-order valence-electron chi connectivity index (χ3n) is 2.45. The van der Waals surface area contributed by atoms with E-state index in [1.54, 1.807) is 0 Å². The van der Waals surface area contributed by atoms with Crippen LogP contribution in [-0.4, -0.2) is 35.1 Å². The van der Waals surface area contributed by atoms with E-state index in [9.17, 15) is 0 Å². The van der Waals surface area contributed by atoms with Crippen LogP contribution in [0.4, 0.5) is 5.95 Å². The van der Waals surface area contributed by atoms with Crippen LogP contribution in [0, 0.1) is 0 Å². The van der Waals surface area contributed by atoms with Gasteiger partial charge in [0.05, 0.1) is 11.0 Å². The highest BCUT2D eigenvalue weighted by Gasteiger charge is 2.06. The number of nitrogens with two attached hydrogens (primary N) is 1. The number of anilines is 1. The molecule has 2 rings (SSSR count). The SMILES string of the molecule is Br.Br.CN(C)CCn1c(N)nc2ccccc21. The summed E-state index contributed by atoms with van der Waals surface area (Å²) in [5.74, 6) is 0.595. The van der Waals surface area contributed by atoms with Crippen LogP contribution in [-0.2, 0) is 6.54 Å². The number of aromatic nitrogens is 2. The molecule has 1 aromatic carbocycles. The minimum Gasteiger partial charge on any atom is -0.369 e. The first-order valence-corrected chi connectivity index (χ1v) is 5.04. The highest BCUT2D eigenvalue weighted by molar-refractivity contribution is 8.93. The van der Waals surface area contributed by atoms with Crippen LogP contribution < -0.4 is 5.73 Å². The van der Waals surface area contributed by atoms with Crippen LogP contribution in [0.25, 0.3) is 11.0 Å². The number of nitrogen functional groups attached to an aromatic ring is 1. The van der Waals surface area contributed by atoms with Gasteiger partial charge in [0, 0.05) is 13.1 Å². The van der Waals surface area contributed by atoms with Crippen molar-refractivity contribution >= 4 is 50.9 Å². The highest BCUT2D eigenvalue weighted by Crippen LogP contribution is 2.16. The molecule has 6 heteroatoms. The first-order valence-electron chi connectivity index (χ1n) is 5.04. The Labute approximate surface area is 122 Å². The molecule has 0 aliphatic rings. The molecule has 0 amide bonds. The number of hydrogen-bond acceptors (Lipinski definition) is 3. The second-order valence-electron chi connectivity index (χ2n) is 3.91. The number of fused-ring (bicyclic) bond motifs is 1. The van der Waals surface area contributed by atoms with Crippen molar-refractivity contribution in [2.75, 3.05) is 26.4 Å². The summed E-state index contributed by atoms with van der Waals surface area (Å²) in [6.45, 7) is 1.84. The number of benzene rings is 1. The Bertz CT molecular complexity index is 467. The van der Waals surface area contributed by atoms with Crippen LogP contribution >= 0.6 is 34.0 Å². The standard InChI is InChI=1S/C11H16N4.2BrH/c1-14(2)7-8-15-10-6-4-3-5-9(10)13-11(15)12;;/h3-6H,7-8H2,1-2H3,(H2,12,13);2*1H. The number of para-hydroxylation sites is 2. The summed E-state index contributed by atoms with van der Waals surface area (Å²) < 4.78 is 2.05. The fourth-order valence-electron chi connectivity index (χ4n) is 1.63. The summed E-state index contributed by atoms with van der Waals surface area (Å²) in [7, 11) is 4.10. The molecule has 17 heavy (non-hydrogen) atoms. The van der Waals surface area contributed by atoms with E-state index in [0.717, 1.165) is 24.1 Å². The average Bonchev–Trinajstić information content (AvgIpc) is 2.50. The molecule has 1 heterocycles. The molecule has 0 saturated carbocycles. The third-order valence-corrected chi connectivity index (χ3v) is 2.45. The molecule has 2 N–H and O–H groups in total. The molecule has 0 atom stereocenters. The van der Waals surface area contributed by atoms with Crippen molar-refractivity contribution in [3.8, 4) is 0 Å². The second-order valence-corrected chi connectivity index (χ2v) is 3.91. The lowest BCUT2D eigenvalue weighted by Gasteiger charge is -2.11. The van der Waals surface area contributed by atoms with Gasteiger partial charge in [-0.1, -0.05) is 12.1 Å². The quantitative estimate of drug-likeness (QED) is 0.907. The molecule has 96 valence electrons. The molecule has 0 aliphatic heterocycles. The molecule has 0 bridgehead atoms. The molecule has 0 radical (unpaired) electrons. The highest BCUT2D eigenvalue weighted by atomic mass is 79.9.